The van der Waals surface area contributed by atoms with Crippen molar-refractivity contribution in [3.8, 4) is 0 Å². The van der Waals surface area contributed by atoms with Crippen LogP contribution in [0.15, 0.2) is 0 Å². The number of hydrogen-bond donors (Lipinski definition) is 0. The zero-order chi connectivity index (χ0) is 16.3. The molecule has 0 aromatic carbocycles. The summed E-state index contributed by atoms with van der Waals surface area (Å²) >= 11 is 0. The molecule has 3 unspecified atom stereocenters. The number of hydrogen-bond acceptors (Lipinski definition) is 4. The molecule has 1 heterocycles. The minimum Gasteiger partial charge on any atom is -0.455 e. The molecule has 0 N–H and O–H groups in total. The molecule has 4 heteroatoms. The lowest BCUT2D eigenvalue weighted by Crippen LogP contribution is -2.56. The molecule has 0 aromatic rings. The highest BCUT2D eigenvalue weighted by Crippen LogP contribution is 2.51. The topological polar surface area (TPSA) is 52.6 Å². The molecule has 1 saturated carbocycles. The monoisotopic (exact) mass is 296 g/mol. The smallest absolute Gasteiger partial charge is 0.312 e. The predicted octanol–water partition coefficient (Wildman–Crippen LogP) is 3.48. The Morgan fingerprint density at radius 1 is 1.24 bits per heavy atom. The van der Waals surface area contributed by atoms with E-state index in [0.717, 1.165) is 6.42 Å². The van der Waals surface area contributed by atoms with Gasteiger partial charge in [-0.1, -0.05) is 20.8 Å². The second-order valence-corrected chi connectivity index (χ2v) is 8.59. The second kappa shape index (κ2) is 4.47. The van der Waals surface area contributed by atoms with E-state index in [-0.39, 0.29) is 23.3 Å². The molecule has 2 aliphatic rings. The van der Waals surface area contributed by atoms with Gasteiger partial charge < -0.3 is 9.47 Å². The molecule has 0 aromatic heterocycles. The van der Waals surface area contributed by atoms with Gasteiger partial charge >= 0.3 is 11.9 Å². The highest BCUT2D eigenvalue weighted by Gasteiger charge is 2.61. The molecule has 0 spiro atoms. The van der Waals surface area contributed by atoms with E-state index in [1.54, 1.807) is 0 Å². The first-order valence-corrected chi connectivity index (χ1v) is 7.79. The SMILES string of the molecule is CC(C)(C)C(C)(C)C(=O)OC1(C)CCC2CC1(C)OC2=O. The maximum Gasteiger partial charge on any atom is 0.312 e. The highest BCUT2D eigenvalue weighted by atomic mass is 16.6. The van der Waals surface area contributed by atoms with Crippen molar-refractivity contribution in [2.45, 2.75) is 78.9 Å². The first kappa shape index (κ1) is 16.3. The number of rotatable bonds is 2. The molecular weight excluding hydrogens is 268 g/mol. The summed E-state index contributed by atoms with van der Waals surface area (Å²) in [6, 6.07) is 0. The average Bonchev–Trinajstić information content (AvgIpc) is 2.57. The van der Waals surface area contributed by atoms with Crippen LogP contribution in [0.5, 0.6) is 0 Å². The second-order valence-electron chi connectivity index (χ2n) is 8.59. The van der Waals surface area contributed by atoms with Crippen LogP contribution >= 0.6 is 0 Å². The Morgan fingerprint density at radius 2 is 1.81 bits per heavy atom. The van der Waals surface area contributed by atoms with Gasteiger partial charge in [0.1, 0.15) is 11.2 Å². The Labute approximate surface area is 127 Å². The van der Waals surface area contributed by atoms with Crippen LogP contribution < -0.4 is 0 Å². The van der Waals surface area contributed by atoms with Crippen LogP contribution in [-0.2, 0) is 19.1 Å². The van der Waals surface area contributed by atoms with E-state index < -0.39 is 16.6 Å². The summed E-state index contributed by atoms with van der Waals surface area (Å²) in [7, 11) is 0. The maximum atomic E-state index is 12.7. The minimum atomic E-state index is -0.741. The van der Waals surface area contributed by atoms with E-state index in [9.17, 15) is 9.59 Å². The van der Waals surface area contributed by atoms with E-state index >= 15 is 0 Å². The van der Waals surface area contributed by atoms with Gasteiger partial charge in [0.15, 0.2) is 0 Å². The number of ether oxygens (including phenoxy) is 2. The summed E-state index contributed by atoms with van der Waals surface area (Å²) < 4.78 is 11.5. The number of carbonyl (C=O) groups excluding carboxylic acids is 2. The van der Waals surface area contributed by atoms with Gasteiger partial charge in [0.05, 0.1) is 11.3 Å². The van der Waals surface area contributed by atoms with Crippen molar-refractivity contribution in [3.05, 3.63) is 0 Å². The zero-order valence-electron chi connectivity index (χ0n) is 14.3. The fourth-order valence-corrected chi connectivity index (χ4v) is 2.96. The summed E-state index contributed by atoms with van der Waals surface area (Å²) in [5.74, 6) is -0.398. The first-order chi connectivity index (χ1) is 9.32. The molecule has 21 heavy (non-hydrogen) atoms. The van der Waals surface area contributed by atoms with Crippen LogP contribution in [0, 0.1) is 16.7 Å². The van der Waals surface area contributed by atoms with Crippen molar-refractivity contribution in [2.75, 3.05) is 0 Å². The zero-order valence-corrected chi connectivity index (χ0v) is 14.3. The molecule has 2 rings (SSSR count). The third-order valence-corrected chi connectivity index (χ3v) is 6.09. The van der Waals surface area contributed by atoms with Crippen molar-refractivity contribution in [3.63, 3.8) is 0 Å². The Kier molecular flexibility index (Phi) is 3.47. The summed E-state index contributed by atoms with van der Waals surface area (Å²) in [6.45, 7) is 13.7. The molecular formula is C17H28O4. The molecule has 120 valence electrons. The minimum absolute atomic E-state index is 0.0302. The van der Waals surface area contributed by atoms with Crippen LogP contribution in [-0.4, -0.2) is 23.1 Å². The van der Waals surface area contributed by atoms with Gasteiger partial charge in [0, 0.05) is 6.42 Å². The summed E-state index contributed by atoms with van der Waals surface area (Å²) in [5, 5.41) is 0. The molecule has 3 atom stereocenters. The Hall–Kier alpha value is -1.06. The largest absolute Gasteiger partial charge is 0.455 e. The van der Waals surface area contributed by atoms with Gasteiger partial charge in [-0.25, -0.2) is 0 Å². The van der Waals surface area contributed by atoms with Crippen LogP contribution in [0.4, 0.5) is 0 Å². The Morgan fingerprint density at radius 3 is 2.33 bits per heavy atom. The van der Waals surface area contributed by atoms with Crippen LogP contribution in [0.2, 0.25) is 0 Å². The van der Waals surface area contributed by atoms with Crippen molar-refractivity contribution in [2.24, 2.45) is 16.7 Å². The first-order valence-electron chi connectivity index (χ1n) is 7.79. The number of fused-ring (bicyclic) bond motifs is 2. The fraction of sp³-hybridized carbons (Fsp3) is 0.882. The molecule has 1 aliphatic carbocycles. The quantitative estimate of drug-likeness (QED) is 0.732. The molecule has 0 amide bonds. The van der Waals surface area contributed by atoms with E-state index in [4.69, 9.17) is 9.47 Å². The van der Waals surface area contributed by atoms with E-state index in [2.05, 4.69) is 0 Å². The lowest BCUT2D eigenvalue weighted by molar-refractivity contribution is -0.208. The summed E-state index contributed by atoms with van der Waals surface area (Å²) in [5.41, 5.74) is -2.25. The normalized spacial score (nSPS) is 36.3. The highest BCUT2D eigenvalue weighted by molar-refractivity contribution is 5.79. The third-order valence-electron chi connectivity index (χ3n) is 6.09. The molecule has 2 bridgehead atoms. The summed E-state index contributed by atoms with van der Waals surface area (Å²) in [4.78, 5) is 24.5. The fourth-order valence-electron chi connectivity index (χ4n) is 2.96. The average molecular weight is 296 g/mol. The van der Waals surface area contributed by atoms with Gasteiger partial charge in [-0.15, -0.1) is 0 Å². The van der Waals surface area contributed by atoms with Crippen LogP contribution in [0.1, 0.15) is 67.7 Å². The number of carbonyl (C=O) groups is 2. The van der Waals surface area contributed by atoms with E-state index in [1.165, 1.54) is 0 Å². The van der Waals surface area contributed by atoms with Crippen molar-refractivity contribution in [1.29, 1.82) is 0 Å². The van der Waals surface area contributed by atoms with E-state index in [1.807, 2.05) is 48.5 Å². The predicted molar refractivity (Wildman–Crippen MR) is 79.6 cm³/mol. The summed E-state index contributed by atoms with van der Waals surface area (Å²) in [6.07, 6.45) is 2.05. The van der Waals surface area contributed by atoms with Gasteiger partial charge in [-0.3, -0.25) is 9.59 Å². The molecule has 2 fully saturated rings. The van der Waals surface area contributed by atoms with Crippen LogP contribution in [0.25, 0.3) is 0 Å². The molecule has 4 nitrogen and oxygen atoms in total. The van der Waals surface area contributed by atoms with Crippen molar-refractivity contribution < 1.29 is 19.1 Å². The van der Waals surface area contributed by atoms with Gasteiger partial charge in [-0.05, 0) is 46.0 Å². The van der Waals surface area contributed by atoms with Crippen molar-refractivity contribution >= 4 is 11.9 Å². The standard InChI is InChI=1S/C17H28O4/c1-14(2,3)15(4,5)13(19)21-16(6)9-8-11-10-17(16,7)20-12(11)18/h11H,8-10H2,1-7H3. The lowest BCUT2D eigenvalue weighted by atomic mass is 9.68. The Balaban J connectivity index is 2.23. The maximum absolute atomic E-state index is 12.7. The van der Waals surface area contributed by atoms with Gasteiger partial charge in [0.2, 0.25) is 0 Å². The van der Waals surface area contributed by atoms with Crippen LogP contribution in [0.3, 0.4) is 0 Å². The molecule has 1 aliphatic heterocycles. The third kappa shape index (κ3) is 2.36. The Bertz CT molecular complexity index is 474. The van der Waals surface area contributed by atoms with Gasteiger partial charge in [-0.2, -0.15) is 0 Å². The lowest BCUT2D eigenvalue weighted by Gasteiger charge is -2.46. The van der Waals surface area contributed by atoms with E-state index in [0.29, 0.717) is 12.8 Å². The molecule has 0 radical (unpaired) electrons. The number of esters is 2. The van der Waals surface area contributed by atoms with Crippen molar-refractivity contribution in [1.82, 2.24) is 0 Å². The van der Waals surface area contributed by atoms with Gasteiger partial charge in [0.25, 0.3) is 0 Å². The molecule has 1 saturated heterocycles.